The van der Waals surface area contributed by atoms with Crippen LogP contribution in [0.2, 0.25) is 0 Å². The second-order valence-corrected chi connectivity index (χ2v) is 4.26. The lowest BCUT2D eigenvalue weighted by Crippen LogP contribution is -1.97. The quantitative estimate of drug-likeness (QED) is 0.364. The van der Waals surface area contributed by atoms with Gasteiger partial charge in [0.05, 0.1) is 0 Å². The predicted molar refractivity (Wildman–Crippen MR) is 76.0 cm³/mol. The van der Waals surface area contributed by atoms with Crippen molar-refractivity contribution in [3.8, 4) is 0 Å². The van der Waals surface area contributed by atoms with Gasteiger partial charge in [-0.05, 0) is 33.7 Å². The van der Waals surface area contributed by atoms with E-state index < -0.39 is 0 Å². The Morgan fingerprint density at radius 3 is 1.89 bits per heavy atom. The van der Waals surface area contributed by atoms with E-state index in [2.05, 4.69) is 12.6 Å². The number of benzene rings is 3. The molecule has 1 nitrogen and oxygen atoms in total. The maximum atomic E-state index is 12.1. The molecule has 0 unspecified atom stereocenters. The molecular weight excluding hydrogens is 220 g/mol. The second-order valence-electron chi connectivity index (χ2n) is 4.26. The third kappa shape index (κ3) is 1.52. The van der Waals surface area contributed by atoms with E-state index in [9.17, 15) is 4.79 Å². The Kier molecular flexibility index (Phi) is 2.45. The zero-order chi connectivity index (χ0) is 12.5. The van der Waals surface area contributed by atoms with E-state index >= 15 is 0 Å². The van der Waals surface area contributed by atoms with Gasteiger partial charge in [-0.15, -0.1) is 0 Å². The smallest absolute Gasteiger partial charge is 0.186 e. The molecule has 0 bridgehead atoms. The number of fused-ring (bicyclic) bond motifs is 2. The van der Waals surface area contributed by atoms with Crippen LogP contribution in [0.15, 0.2) is 67.3 Å². The van der Waals surface area contributed by atoms with Crippen molar-refractivity contribution in [2.45, 2.75) is 0 Å². The zero-order valence-corrected chi connectivity index (χ0v) is 9.89. The summed E-state index contributed by atoms with van der Waals surface area (Å²) >= 11 is 0. The molecule has 3 aromatic rings. The number of carbonyl (C=O) groups is 1. The van der Waals surface area contributed by atoms with Crippen molar-refractivity contribution in [1.29, 1.82) is 0 Å². The fourth-order valence-corrected chi connectivity index (χ4v) is 2.38. The Balaban J connectivity index is 2.57. The van der Waals surface area contributed by atoms with Crippen LogP contribution in [0.5, 0.6) is 0 Å². The SMILES string of the molecule is C=CC(=O)c1c2ccccc2cc2ccccc12. The lowest BCUT2D eigenvalue weighted by molar-refractivity contribution is 0.105. The number of hydrogen-bond acceptors (Lipinski definition) is 1. The average Bonchev–Trinajstić information content (AvgIpc) is 2.44. The summed E-state index contributed by atoms with van der Waals surface area (Å²) in [4.78, 5) is 12.1. The van der Waals surface area contributed by atoms with Gasteiger partial charge in [0, 0.05) is 5.56 Å². The van der Waals surface area contributed by atoms with Crippen molar-refractivity contribution in [3.63, 3.8) is 0 Å². The fourth-order valence-electron chi connectivity index (χ4n) is 2.38. The molecule has 0 radical (unpaired) electrons. The van der Waals surface area contributed by atoms with Crippen LogP contribution in [-0.2, 0) is 0 Å². The molecule has 0 aromatic heterocycles. The first kappa shape index (κ1) is 10.7. The molecule has 0 aliphatic heterocycles. The summed E-state index contributed by atoms with van der Waals surface area (Å²) in [6.07, 6.45) is 1.38. The van der Waals surface area contributed by atoms with E-state index in [-0.39, 0.29) is 5.78 Å². The van der Waals surface area contributed by atoms with Crippen molar-refractivity contribution in [3.05, 3.63) is 72.8 Å². The number of rotatable bonds is 2. The monoisotopic (exact) mass is 232 g/mol. The molecule has 3 rings (SSSR count). The summed E-state index contributed by atoms with van der Waals surface area (Å²) in [5.41, 5.74) is 0.749. The summed E-state index contributed by atoms with van der Waals surface area (Å²) < 4.78 is 0. The molecule has 0 fully saturated rings. The number of hydrogen-bond donors (Lipinski definition) is 0. The van der Waals surface area contributed by atoms with Gasteiger partial charge in [0.25, 0.3) is 0 Å². The molecule has 3 aromatic carbocycles. The van der Waals surface area contributed by atoms with Crippen molar-refractivity contribution in [2.24, 2.45) is 0 Å². The van der Waals surface area contributed by atoms with Gasteiger partial charge < -0.3 is 0 Å². The third-order valence-electron chi connectivity index (χ3n) is 3.20. The van der Waals surface area contributed by atoms with Crippen LogP contribution >= 0.6 is 0 Å². The highest BCUT2D eigenvalue weighted by Crippen LogP contribution is 2.28. The molecule has 0 aliphatic rings. The highest BCUT2D eigenvalue weighted by molar-refractivity contribution is 6.22. The maximum Gasteiger partial charge on any atom is 0.186 e. The minimum Gasteiger partial charge on any atom is -0.289 e. The Bertz CT molecular complexity index is 715. The summed E-state index contributed by atoms with van der Waals surface area (Å²) in [6, 6.07) is 18.0. The van der Waals surface area contributed by atoms with Crippen LogP contribution in [0.1, 0.15) is 10.4 Å². The molecule has 18 heavy (non-hydrogen) atoms. The van der Waals surface area contributed by atoms with Crippen LogP contribution in [0, 0.1) is 0 Å². The van der Waals surface area contributed by atoms with Crippen molar-refractivity contribution < 1.29 is 4.79 Å². The fraction of sp³-hybridized carbons (Fsp3) is 0. The Morgan fingerprint density at radius 2 is 1.39 bits per heavy atom. The highest BCUT2D eigenvalue weighted by atomic mass is 16.1. The molecule has 86 valence electrons. The number of carbonyl (C=O) groups excluding carboxylic acids is 1. The first-order valence-corrected chi connectivity index (χ1v) is 5.88. The van der Waals surface area contributed by atoms with E-state index in [1.54, 1.807) is 0 Å². The molecule has 0 aliphatic carbocycles. The summed E-state index contributed by atoms with van der Waals surface area (Å²) in [5, 5.41) is 4.14. The van der Waals surface area contributed by atoms with E-state index in [0.29, 0.717) is 0 Å². The summed E-state index contributed by atoms with van der Waals surface area (Å²) in [6.45, 7) is 3.60. The lowest BCUT2D eigenvalue weighted by Gasteiger charge is -2.08. The highest BCUT2D eigenvalue weighted by Gasteiger charge is 2.11. The first-order valence-electron chi connectivity index (χ1n) is 5.88. The van der Waals surface area contributed by atoms with Gasteiger partial charge in [0.2, 0.25) is 0 Å². The van der Waals surface area contributed by atoms with Crippen LogP contribution in [0.4, 0.5) is 0 Å². The van der Waals surface area contributed by atoms with Crippen LogP contribution in [0.3, 0.4) is 0 Å². The largest absolute Gasteiger partial charge is 0.289 e. The molecule has 0 N–H and O–H groups in total. The Morgan fingerprint density at radius 1 is 0.889 bits per heavy atom. The molecule has 0 spiro atoms. The Labute approximate surface area is 105 Å². The second kappa shape index (κ2) is 4.11. The average molecular weight is 232 g/mol. The van der Waals surface area contributed by atoms with Gasteiger partial charge in [-0.2, -0.15) is 0 Å². The van der Waals surface area contributed by atoms with Crippen LogP contribution < -0.4 is 0 Å². The molecule has 0 saturated heterocycles. The van der Waals surface area contributed by atoms with Gasteiger partial charge in [-0.1, -0.05) is 55.1 Å². The molecule has 0 saturated carbocycles. The minimum absolute atomic E-state index is 0.0250. The standard InChI is InChI=1S/C17H12O/c1-2-16(18)17-14-9-5-3-7-12(14)11-13-8-4-6-10-15(13)17/h2-11H,1H2. The van der Waals surface area contributed by atoms with Crippen molar-refractivity contribution >= 4 is 27.3 Å². The number of allylic oxidation sites excluding steroid dienone is 1. The van der Waals surface area contributed by atoms with Gasteiger partial charge >= 0.3 is 0 Å². The predicted octanol–water partition coefficient (Wildman–Crippen LogP) is 4.36. The van der Waals surface area contributed by atoms with E-state index in [1.165, 1.54) is 6.08 Å². The van der Waals surface area contributed by atoms with Crippen molar-refractivity contribution in [1.82, 2.24) is 0 Å². The lowest BCUT2D eigenvalue weighted by atomic mass is 9.94. The molecule has 1 heteroatoms. The molecule has 0 amide bonds. The minimum atomic E-state index is -0.0250. The van der Waals surface area contributed by atoms with E-state index in [4.69, 9.17) is 0 Å². The topological polar surface area (TPSA) is 17.1 Å². The van der Waals surface area contributed by atoms with E-state index in [1.807, 2.05) is 48.5 Å². The molecular formula is C17H12O. The first-order chi connectivity index (χ1) is 8.81. The summed E-state index contributed by atoms with van der Waals surface area (Å²) in [7, 11) is 0. The number of ketones is 1. The van der Waals surface area contributed by atoms with Gasteiger partial charge in [-0.3, -0.25) is 4.79 Å². The summed E-state index contributed by atoms with van der Waals surface area (Å²) in [5.74, 6) is -0.0250. The van der Waals surface area contributed by atoms with Gasteiger partial charge in [-0.25, -0.2) is 0 Å². The molecule has 0 atom stereocenters. The third-order valence-corrected chi connectivity index (χ3v) is 3.20. The zero-order valence-electron chi connectivity index (χ0n) is 9.89. The normalized spacial score (nSPS) is 10.7. The van der Waals surface area contributed by atoms with Crippen LogP contribution in [0.25, 0.3) is 21.5 Å². The van der Waals surface area contributed by atoms with Gasteiger partial charge in [0.1, 0.15) is 0 Å². The van der Waals surface area contributed by atoms with Crippen LogP contribution in [-0.4, -0.2) is 5.78 Å². The molecule has 0 heterocycles. The Hall–Kier alpha value is -2.41. The van der Waals surface area contributed by atoms with Crippen molar-refractivity contribution in [2.75, 3.05) is 0 Å². The van der Waals surface area contributed by atoms with Gasteiger partial charge in [0.15, 0.2) is 5.78 Å². The van der Waals surface area contributed by atoms with E-state index in [0.717, 1.165) is 27.1 Å². The maximum absolute atomic E-state index is 12.1.